The summed E-state index contributed by atoms with van der Waals surface area (Å²) in [4.78, 5) is 10.7. The summed E-state index contributed by atoms with van der Waals surface area (Å²) >= 11 is 5.90. The van der Waals surface area contributed by atoms with E-state index in [0.717, 1.165) is 0 Å². The molecule has 2 rings (SSSR count). The van der Waals surface area contributed by atoms with Crippen LogP contribution in [0.3, 0.4) is 0 Å². The summed E-state index contributed by atoms with van der Waals surface area (Å²) in [7, 11) is 0. The summed E-state index contributed by atoms with van der Waals surface area (Å²) in [5.74, 6) is -0.421. The van der Waals surface area contributed by atoms with Crippen molar-refractivity contribution in [3.05, 3.63) is 52.4 Å². The van der Waals surface area contributed by atoms with E-state index in [2.05, 4.69) is 0 Å². The lowest BCUT2D eigenvalue weighted by Crippen LogP contribution is -2.02. The van der Waals surface area contributed by atoms with E-state index in [9.17, 15) is 4.79 Å². The van der Waals surface area contributed by atoms with Crippen molar-refractivity contribution in [1.29, 1.82) is 5.26 Å². The second-order valence-electron chi connectivity index (χ2n) is 4.02. The van der Waals surface area contributed by atoms with Gasteiger partial charge in [0.25, 0.3) is 0 Å². The normalized spacial score (nSPS) is 11.7. The van der Waals surface area contributed by atoms with Gasteiger partial charge in [-0.1, -0.05) is 11.6 Å². The van der Waals surface area contributed by atoms with Crippen LogP contribution in [0.1, 0.15) is 34.9 Å². The predicted molar refractivity (Wildman–Crippen MR) is 70.9 cm³/mol. The average Bonchev–Trinajstić information content (AvgIpc) is 2.88. The number of furan rings is 1. The summed E-state index contributed by atoms with van der Waals surface area (Å²) in [6.45, 7) is 1.72. The first-order valence-electron chi connectivity index (χ1n) is 5.70. The maximum atomic E-state index is 10.7. The molecule has 0 fully saturated rings. The van der Waals surface area contributed by atoms with Crippen molar-refractivity contribution in [2.75, 3.05) is 0 Å². The Hall–Kier alpha value is -2.45. The molecule has 0 aliphatic heterocycles. The molecule has 20 heavy (non-hydrogen) atoms. The first-order chi connectivity index (χ1) is 9.51. The van der Waals surface area contributed by atoms with Gasteiger partial charge in [-0.05, 0) is 31.2 Å². The molecule has 0 radical (unpaired) electrons. The Bertz CT molecular complexity index is 687. The van der Waals surface area contributed by atoms with Crippen LogP contribution in [0.25, 0.3) is 0 Å². The summed E-state index contributed by atoms with van der Waals surface area (Å²) in [5.41, 5.74) is 0.359. The van der Waals surface area contributed by atoms with Crippen molar-refractivity contribution in [1.82, 2.24) is 0 Å². The van der Waals surface area contributed by atoms with Gasteiger partial charge in [0.2, 0.25) is 5.76 Å². The topological polar surface area (TPSA) is 83.5 Å². The van der Waals surface area contributed by atoms with Crippen LogP contribution in [0.15, 0.2) is 34.7 Å². The minimum absolute atomic E-state index is 0.145. The first-order valence-corrected chi connectivity index (χ1v) is 6.08. The van der Waals surface area contributed by atoms with Crippen molar-refractivity contribution in [3.63, 3.8) is 0 Å². The zero-order valence-corrected chi connectivity index (χ0v) is 11.2. The third-order valence-electron chi connectivity index (χ3n) is 2.61. The van der Waals surface area contributed by atoms with Crippen LogP contribution in [-0.4, -0.2) is 11.1 Å². The fourth-order valence-electron chi connectivity index (χ4n) is 1.61. The maximum Gasteiger partial charge on any atom is 0.371 e. The van der Waals surface area contributed by atoms with Gasteiger partial charge in [-0.2, -0.15) is 5.26 Å². The molecule has 5 nitrogen and oxygen atoms in total. The molecule has 1 unspecified atom stereocenters. The molecule has 0 aliphatic rings. The highest BCUT2D eigenvalue weighted by atomic mass is 35.5. The van der Waals surface area contributed by atoms with E-state index in [0.29, 0.717) is 22.1 Å². The molecule has 1 aromatic carbocycles. The number of carbonyl (C=O) groups is 1. The monoisotopic (exact) mass is 291 g/mol. The number of benzene rings is 1. The fraction of sp³-hybridized carbons (Fsp3) is 0.143. The lowest BCUT2D eigenvalue weighted by molar-refractivity contribution is 0.0655. The van der Waals surface area contributed by atoms with Crippen molar-refractivity contribution >= 4 is 17.6 Å². The van der Waals surface area contributed by atoms with Gasteiger partial charge >= 0.3 is 5.97 Å². The molecule has 2 aromatic rings. The Morgan fingerprint density at radius 1 is 1.45 bits per heavy atom. The van der Waals surface area contributed by atoms with Crippen molar-refractivity contribution in [3.8, 4) is 11.8 Å². The number of carboxylic acids is 1. The van der Waals surface area contributed by atoms with E-state index in [-0.39, 0.29) is 5.76 Å². The van der Waals surface area contributed by atoms with Crippen LogP contribution in [0.4, 0.5) is 0 Å². The highest BCUT2D eigenvalue weighted by molar-refractivity contribution is 6.31. The zero-order valence-electron chi connectivity index (χ0n) is 10.5. The van der Waals surface area contributed by atoms with Gasteiger partial charge in [-0.25, -0.2) is 4.79 Å². The molecule has 1 aromatic heterocycles. The Morgan fingerprint density at radius 2 is 2.20 bits per heavy atom. The number of hydrogen-bond acceptors (Lipinski definition) is 4. The maximum absolute atomic E-state index is 10.7. The van der Waals surface area contributed by atoms with Crippen molar-refractivity contribution < 1.29 is 19.1 Å². The van der Waals surface area contributed by atoms with Crippen molar-refractivity contribution in [2.45, 2.75) is 13.0 Å². The van der Waals surface area contributed by atoms with Crippen LogP contribution in [0.5, 0.6) is 5.75 Å². The summed E-state index contributed by atoms with van der Waals surface area (Å²) in [6.07, 6.45) is -0.480. The van der Waals surface area contributed by atoms with Crippen LogP contribution >= 0.6 is 11.6 Å². The van der Waals surface area contributed by atoms with Gasteiger partial charge in [0.05, 0.1) is 10.6 Å². The van der Waals surface area contributed by atoms with E-state index in [1.807, 2.05) is 6.07 Å². The fourth-order valence-corrected chi connectivity index (χ4v) is 1.82. The molecule has 0 saturated heterocycles. The van der Waals surface area contributed by atoms with Gasteiger partial charge < -0.3 is 14.3 Å². The van der Waals surface area contributed by atoms with Gasteiger partial charge in [-0.15, -0.1) is 0 Å². The zero-order chi connectivity index (χ0) is 14.7. The van der Waals surface area contributed by atoms with Gasteiger partial charge in [0, 0.05) is 6.07 Å². The van der Waals surface area contributed by atoms with Crippen LogP contribution in [-0.2, 0) is 0 Å². The molecular weight excluding hydrogens is 282 g/mol. The number of halogens is 1. The average molecular weight is 292 g/mol. The Morgan fingerprint density at radius 3 is 2.75 bits per heavy atom. The van der Waals surface area contributed by atoms with E-state index in [1.165, 1.54) is 12.1 Å². The second-order valence-corrected chi connectivity index (χ2v) is 4.43. The third kappa shape index (κ3) is 2.92. The summed E-state index contributed by atoms with van der Waals surface area (Å²) in [6, 6.07) is 9.55. The first kappa shape index (κ1) is 14.0. The number of carboxylic acid groups (broad SMARTS) is 1. The number of ether oxygens (including phenoxy) is 1. The Labute approximate surface area is 120 Å². The molecule has 0 spiro atoms. The quantitative estimate of drug-likeness (QED) is 0.929. The molecular formula is C14H10ClNO4. The molecule has 0 bridgehead atoms. The molecule has 1 atom stereocenters. The lowest BCUT2D eigenvalue weighted by atomic mass is 10.2. The highest BCUT2D eigenvalue weighted by Gasteiger charge is 2.16. The predicted octanol–water partition coefficient (Wildman–Crippen LogP) is 3.64. The highest BCUT2D eigenvalue weighted by Crippen LogP contribution is 2.27. The van der Waals surface area contributed by atoms with Gasteiger partial charge in [0.15, 0.2) is 6.10 Å². The Balaban J connectivity index is 2.14. The number of nitrogens with zero attached hydrogens (tertiary/aromatic N) is 1. The third-order valence-corrected chi connectivity index (χ3v) is 2.92. The second kappa shape index (κ2) is 5.68. The van der Waals surface area contributed by atoms with Crippen molar-refractivity contribution in [2.24, 2.45) is 0 Å². The largest absolute Gasteiger partial charge is 0.483 e. The van der Waals surface area contributed by atoms with Crippen LogP contribution in [0, 0.1) is 11.3 Å². The minimum Gasteiger partial charge on any atom is -0.483 e. The van der Waals surface area contributed by atoms with Gasteiger partial charge in [0.1, 0.15) is 17.6 Å². The number of rotatable bonds is 4. The van der Waals surface area contributed by atoms with Gasteiger partial charge in [-0.3, -0.25) is 0 Å². The van der Waals surface area contributed by atoms with E-state index in [4.69, 9.17) is 31.1 Å². The van der Waals surface area contributed by atoms with E-state index in [1.54, 1.807) is 25.1 Å². The SMILES string of the molecule is CC(Oc1ccc(C#N)c(Cl)c1)c1ccc(C(=O)O)o1. The molecule has 0 saturated carbocycles. The Kier molecular flexibility index (Phi) is 3.97. The van der Waals surface area contributed by atoms with Crippen LogP contribution in [0.2, 0.25) is 5.02 Å². The summed E-state index contributed by atoms with van der Waals surface area (Å²) in [5, 5.41) is 17.9. The summed E-state index contributed by atoms with van der Waals surface area (Å²) < 4.78 is 10.7. The molecule has 1 N–H and O–H groups in total. The minimum atomic E-state index is -1.13. The number of hydrogen-bond donors (Lipinski definition) is 1. The molecule has 1 heterocycles. The molecule has 0 amide bonds. The molecule has 102 valence electrons. The molecule has 0 aliphatic carbocycles. The van der Waals surface area contributed by atoms with E-state index >= 15 is 0 Å². The van der Waals surface area contributed by atoms with E-state index < -0.39 is 12.1 Å². The number of aromatic carboxylic acids is 1. The lowest BCUT2D eigenvalue weighted by Gasteiger charge is -2.12. The smallest absolute Gasteiger partial charge is 0.371 e. The van der Waals surface area contributed by atoms with Crippen LogP contribution < -0.4 is 4.74 Å². The standard InChI is InChI=1S/C14H10ClNO4/c1-8(12-4-5-13(20-12)14(17)18)19-10-3-2-9(7-16)11(15)6-10/h2-6,8H,1H3,(H,17,18). The number of nitriles is 1. The molecule has 6 heteroatoms.